The van der Waals surface area contributed by atoms with Gasteiger partial charge >= 0.3 is 5.69 Å². The van der Waals surface area contributed by atoms with E-state index in [9.17, 15) is 14.4 Å². The van der Waals surface area contributed by atoms with Crippen LogP contribution in [-0.4, -0.2) is 28.6 Å². The molecule has 188 valence electrons. The maximum atomic E-state index is 13.3. The third-order valence-corrected chi connectivity index (χ3v) is 6.05. The van der Waals surface area contributed by atoms with Crippen molar-refractivity contribution in [1.29, 1.82) is 0 Å². The molecular weight excluding hydrogens is 444 g/mol. The average Bonchev–Trinajstić information content (AvgIpc) is 2.85. The Morgan fingerprint density at radius 2 is 1.74 bits per heavy atom. The topological polar surface area (TPSA) is 110 Å². The van der Waals surface area contributed by atoms with Crippen LogP contribution in [0.15, 0.2) is 52.1 Å². The summed E-state index contributed by atoms with van der Waals surface area (Å²) in [5.41, 5.74) is 5.17. The average molecular weight is 481 g/mol. The standard InChI is InChI=1S/C27H36N4O4/c1-3-5-9-18-30(24-25(28)31(17-6-4-2)27(34)29-26(24)33)23(32)16-11-19-35-22-15-10-13-20-12-7-8-14-21(20)22/h7-8,10,12-15H,3-6,9,11,16-19,28H2,1-2H3,(H,29,33,34). The van der Waals surface area contributed by atoms with E-state index < -0.39 is 11.2 Å². The van der Waals surface area contributed by atoms with Gasteiger partial charge in [0.05, 0.1) is 6.61 Å². The van der Waals surface area contributed by atoms with E-state index in [2.05, 4.69) is 11.9 Å². The fraction of sp³-hybridized carbons (Fsp3) is 0.444. The first kappa shape index (κ1) is 26.1. The Balaban J connectivity index is 1.74. The number of carbonyl (C=O) groups excluding carboxylic acids is 1. The highest BCUT2D eigenvalue weighted by atomic mass is 16.5. The molecule has 1 heterocycles. The monoisotopic (exact) mass is 480 g/mol. The lowest BCUT2D eigenvalue weighted by Crippen LogP contribution is -2.41. The second-order valence-electron chi connectivity index (χ2n) is 8.68. The predicted molar refractivity (Wildman–Crippen MR) is 141 cm³/mol. The summed E-state index contributed by atoms with van der Waals surface area (Å²) >= 11 is 0. The van der Waals surface area contributed by atoms with Gasteiger partial charge in [-0.3, -0.25) is 19.1 Å². The first-order chi connectivity index (χ1) is 17.0. The first-order valence-corrected chi connectivity index (χ1v) is 12.5. The lowest BCUT2D eigenvalue weighted by molar-refractivity contribution is -0.118. The number of fused-ring (bicyclic) bond motifs is 1. The van der Waals surface area contributed by atoms with Crippen LogP contribution in [0.5, 0.6) is 5.75 Å². The van der Waals surface area contributed by atoms with Gasteiger partial charge in [-0.2, -0.15) is 0 Å². The Labute approximate surface area is 205 Å². The van der Waals surface area contributed by atoms with Gasteiger partial charge in [0.1, 0.15) is 11.6 Å². The molecule has 3 N–H and O–H groups in total. The maximum absolute atomic E-state index is 13.3. The van der Waals surface area contributed by atoms with E-state index in [-0.39, 0.29) is 23.8 Å². The number of benzene rings is 2. The number of nitrogens with zero attached hydrogens (tertiary/aromatic N) is 2. The SMILES string of the molecule is CCCCCN(C(=O)CCCOc1cccc2ccccc12)c1c(N)n(CCCC)c(=O)[nH]c1=O. The van der Waals surface area contributed by atoms with Crippen molar-refractivity contribution >= 4 is 28.2 Å². The number of aromatic amines is 1. The molecule has 0 fully saturated rings. The number of H-pyrrole nitrogens is 1. The fourth-order valence-corrected chi connectivity index (χ4v) is 4.12. The number of nitrogens with two attached hydrogens (primary N) is 1. The zero-order valence-corrected chi connectivity index (χ0v) is 20.7. The van der Waals surface area contributed by atoms with Crippen molar-refractivity contribution in [2.75, 3.05) is 23.8 Å². The zero-order valence-electron chi connectivity index (χ0n) is 20.7. The van der Waals surface area contributed by atoms with Crippen LogP contribution >= 0.6 is 0 Å². The molecule has 0 aliphatic carbocycles. The maximum Gasteiger partial charge on any atom is 0.330 e. The number of aromatic nitrogens is 2. The van der Waals surface area contributed by atoms with Crippen molar-refractivity contribution < 1.29 is 9.53 Å². The number of rotatable bonds is 13. The minimum Gasteiger partial charge on any atom is -0.493 e. The molecule has 35 heavy (non-hydrogen) atoms. The van der Waals surface area contributed by atoms with Crippen molar-refractivity contribution in [3.05, 3.63) is 63.3 Å². The summed E-state index contributed by atoms with van der Waals surface area (Å²) in [6.45, 7) is 5.21. The molecule has 0 aliphatic heterocycles. The highest BCUT2D eigenvalue weighted by molar-refractivity contribution is 5.95. The number of hydrogen-bond donors (Lipinski definition) is 2. The molecule has 0 unspecified atom stereocenters. The molecule has 0 aliphatic rings. The van der Waals surface area contributed by atoms with Gasteiger partial charge in [0.25, 0.3) is 5.56 Å². The number of unbranched alkanes of at least 4 members (excludes halogenated alkanes) is 3. The van der Waals surface area contributed by atoms with Crippen molar-refractivity contribution in [2.24, 2.45) is 0 Å². The summed E-state index contributed by atoms with van der Waals surface area (Å²) < 4.78 is 7.32. The van der Waals surface area contributed by atoms with Crippen LogP contribution in [0.1, 0.15) is 58.8 Å². The summed E-state index contributed by atoms with van der Waals surface area (Å²) in [7, 11) is 0. The molecule has 0 saturated heterocycles. The third-order valence-electron chi connectivity index (χ3n) is 6.05. The van der Waals surface area contributed by atoms with Gasteiger partial charge in [-0.05, 0) is 30.7 Å². The highest BCUT2D eigenvalue weighted by Gasteiger charge is 2.23. The van der Waals surface area contributed by atoms with Gasteiger partial charge in [-0.1, -0.05) is 69.5 Å². The molecular formula is C27H36N4O4. The van der Waals surface area contributed by atoms with Crippen molar-refractivity contribution in [1.82, 2.24) is 9.55 Å². The van der Waals surface area contributed by atoms with Crippen LogP contribution in [0.2, 0.25) is 0 Å². The van der Waals surface area contributed by atoms with Crippen LogP contribution in [0.3, 0.4) is 0 Å². The summed E-state index contributed by atoms with van der Waals surface area (Å²) in [5, 5.41) is 2.12. The van der Waals surface area contributed by atoms with Crippen LogP contribution in [0.25, 0.3) is 10.8 Å². The Morgan fingerprint density at radius 1 is 1.00 bits per heavy atom. The molecule has 1 amide bonds. The van der Waals surface area contributed by atoms with Crippen LogP contribution in [0.4, 0.5) is 11.5 Å². The summed E-state index contributed by atoms with van der Waals surface area (Å²) in [5.74, 6) is 0.614. The highest BCUT2D eigenvalue weighted by Crippen LogP contribution is 2.25. The lowest BCUT2D eigenvalue weighted by Gasteiger charge is -2.24. The first-order valence-electron chi connectivity index (χ1n) is 12.5. The number of hydrogen-bond acceptors (Lipinski definition) is 5. The van der Waals surface area contributed by atoms with Crippen molar-refractivity contribution in [3.8, 4) is 5.75 Å². The molecule has 8 nitrogen and oxygen atoms in total. The zero-order chi connectivity index (χ0) is 25.2. The van der Waals surface area contributed by atoms with E-state index in [1.165, 1.54) is 9.47 Å². The molecule has 1 aromatic heterocycles. The van der Waals surface area contributed by atoms with Gasteiger partial charge in [0.2, 0.25) is 5.91 Å². The number of ether oxygens (including phenoxy) is 1. The van der Waals surface area contributed by atoms with E-state index in [0.717, 1.165) is 48.6 Å². The second kappa shape index (κ2) is 12.8. The van der Waals surface area contributed by atoms with Gasteiger partial charge in [0, 0.05) is 24.9 Å². The van der Waals surface area contributed by atoms with E-state index in [4.69, 9.17) is 10.5 Å². The van der Waals surface area contributed by atoms with Crippen molar-refractivity contribution in [2.45, 2.75) is 65.3 Å². The van der Waals surface area contributed by atoms with Gasteiger partial charge in [0.15, 0.2) is 5.69 Å². The normalized spacial score (nSPS) is 11.0. The number of nitrogen functional groups attached to an aromatic ring is 1. The largest absolute Gasteiger partial charge is 0.493 e. The van der Waals surface area contributed by atoms with Gasteiger partial charge in [-0.25, -0.2) is 4.79 Å². The molecule has 3 aromatic rings. The Bertz CT molecular complexity index is 1240. The Kier molecular flexibility index (Phi) is 9.52. The summed E-state index contributed by atoms with van der Waals surface area (Å²) in [4.78, 5) is 42.1. The van der Waals surface area contributed by atoms with Gasteiger partial charge < -0.3 is 15.4 Å². The second-order valence-corrected chi connectivity index (χ2v) is 8.68. The quantitative estimate of drug-likeness (QED) is 0.351. The summed E-state index contributed by atoms with van der Waals surface area (Å²) in [6, 6.07) is 13.9. The molecule has 0 atom stereocenters. The smallest absolute Gasteiger partial charge is 0.330 e. The number of amides is 1. The molecule has 0 saturated carbocycles. The van der Waals surface area contributed by atoms with E-state index in [1.54, 1.807) is 0 Å². The van der Waals surface area contributed by atoms with Crippen LogP contribution < -0.4 is 26.6 Å². The number of anilines is 2. The van der Waals surface area contributed by atoms with E-state index >= 15 is 0 Å². The molecule has 0 spiro atoms. The van der Waals surface area contributed by atoms with E-state index in [1.807, 2.05) is 49.4 Å². The summed E-state index contributed by atoms with van der Waals surface area (Å²) in [6.07, 6.45) is 4.93. The van der Waals surface area contributed by atoms with Crippen LogP contribution in [-0.2, 0) is 11.3 Å². The van der Waals surface area contributed by atoms with Gasteiger partial charge in [-0.15, -0.1) is 0 Å². The Hall–Kier alpha value is -3.55. The molecule has 3 rings (SSSR count). The molecule has 0 radical (unpaired) electrons. The Morgan fingerprint density at radius 3 is 2.51 bits per heavy atom. The minimum atomic E-state index is -0.628. The molecule has 0 bridgehead atoms. The predicted octanol–water partition coefficient (Wildman–Crippen LogP) is 4.45. The lowest BCUT2D eigenvalue weighted by atomic mass is 10.1. The van der Waals surface area contributed by atoms with Crippen LogP contribution in [0, 0.1) is 0 Å². The number of carbonyl (C=O) groups is 1. The minimum absolute atomic E-state index is 0.0454. The molecule has 2 aromatic carbocycles. The van der Waals surface area contributed by atoms with Crippen molar-refractivity contribution in [3.63, 3.8) is 0 Å². The van der Waals surface area contributed by atoms with E-state index in [0.29, 0.717) is 26.1 Å². The molecule has 8 heteroatoms. The fourth-order valence-electron chi connectivity index (χ4n) is 4.12. The number of nitrogens with one attached hydrogen (secondary N) is 1. The third kappa shape index (κ3) is 6.53.